The van der Waals surface area contributed by atoms with E-state index in [1.807, 2.05) is 29.8 Å². The van der Waals surface area contributed by atoms with Gasteiger partial charge in [-0.05, 0) is 43.1 Å². The third-order valence-corrected chi connectivity index (χ3v) is 5.27. The molecule has 26 heavy (non-hydrogen) atoms. The number of nitrogens with one attached hydrogen (secondary N) is 1. The summed E-state index contributed by atoms with van der Waals surface area (Å²) in [7, 11) is 1.69. The molecular formula is C19H21N5OS. The van der Waals surface area contributed by atoms with E-state index in [0.29, 0.717) is 12.0 Å². The van der Waals surface area contributed by atoms with E-state index < -0.39 is 0 Å². The van der Waals surface area contributed by atoms with Crippen LogP contribution in [0.2, 0.25) is 0 Å². The molecule has 6 nitrogen and oxygen atoms in total. The van der Waals surface area contributed by atoms with Crippen LogP contribution in [0.3, 0.4) is 0 Å². The highest BCUT2D eigenvalue weighted by Crippen LogP contribution is 2.32. The monoisotopic (exact) mass is 367 g/mol. The number of rotatable bonds is 6. The van der Waals surface area contributed by atoms with E-state index >= 15 is 0 Å². The zero-order chi connectivity index (χ0) is 17.8. The molecule has 0 radical (unpaired) electrons. The maximum atomic E-state index is 5.24. The molecule has 0 bridgehead atoms. The van der Waals surface area contributed by atoms with Crippen LogP contribution < -0.4 is 10.1 Å². The van der Waals surface area contributed by atoms with Crippen LogP contribution in [0, 0.1) is 0 Å². The van der Waals surface area contributed by atoms with Gasteiger partial charge in [0.15, 0.2) is 5.13 Å². The van der Waals surface area contributed by atoms with E-state index in [4.69, 9.17) is 9.72 Å². The number of ether oxygens (including phenoxy) is 1. The lowest BCUT2D eigenvalue weighted by atomic mass is 10.1. The number of methoxy groups -OCH3 is 1. The Hall–Kier alpha value is -2.51. The van der Waals surface area contributed by atoms with Crippen molar-refractivity contribution >= 4 is 22.4 Å². The van der Waals surface area contributed by atoms with Crippen LogP contribution in [0.25, 0.3) is 0 Å². The summed E-state index contributed by atoms with van der Waals surface area (Å²) in [6.45, 7) is 1.99. The molecule has 1 N–H and O–H groups in total. The zero-order valence-electron chi connectivity index (χ0n) is 14.6. The molecule has 0 amide bonds. The van der Waals surface area contributed by atoms with E-state index in [9.17, 15) is 0 Å². The van der Waals surface area contributed by atoms with Gasteiger partial charge in [-0.2, -0.15) is 0 Å². The summed E-state index contributed by atoms with van der Waals surface area (Å²) in [5.74, 6) is 1.49. The standard InChI is InChI=1S/C19H21N5OS/c1-25-15-6-4-14(5-7-15)13-24-11-2-3-17(24)16-8-9-20-18(22-16)23-19-21-10-12-26-19/h4-10,12,17H,2-3,11,13H2,1H3,(H,20,21,22,23)/t17-/m1/s1. The average molecular weight is 367 g/mol. The molecule has 0 aliphatic carbocycles. The molecule has 1 aliphatic rings. The first-order chi connectivity index (χ1) is 12.8. The van der Waals surface area contributed by atoms with Gasteiger partial charge in [-0.15, -0.1) is 11.3 Å². The lowest BCUT2D eigenvalue weighted by molar-refractivity contribution is 0.244. The van der Waals surface area contributed by atoms with Gasteiger partial charge in [0.05, 0.1) is 18.8 Å². The Morgan fingerprint density at radius 2 is 2.08 bits per heavy atom. The minimum atomic E-state index is 0.317. The smallest absolute Gasteiger partial charge is 0.229 e. The van der Waals surface area contributed by atoms with Crippen molar-refractivity contribution in [1.82, 2.24) is 19.9 Å². The topological polar surface area (TPSA) is 63.2 Å². The number of anilines is 2. The van der Waals surface area contributed by atoms with E-state index in [1.54, 1.807) is 13.3 Å². The first-order valence-electron chi connectivity index (χ1n) is 8.68. The van der Waals surface area contributed by atoms with Gasteiger partial charge >= 0.3 is 0 Å². The van der Waals surface area contributed by atoms with E-state index in [0.717, 1.165) is 36.1 Å². The molecule has 1 aliphatic heterocycles. The predicted molar refractivity (Wildman–Crippen MR) is 103 cm³/mol. The molecule has 2 aromatic heterocycles. The predicted octanol–water partition coefficient (Wildman–Crippen LogP) is 4.02. The maximum Gasteiger partial charge on any atom is 0.229 e. The molecule has 4 rings (SSSR count). The zero-order valence-corrected chi connectivity index (χ0v) is 15.4. The van der Waals surface area contributed by atoms with Gasteiger partial charge in [0.2, 0.25) is 5.95 Å². The van der Waals surface area contributed by atoms with Crippen molar-refractivity contribution in [3.05, 3.63) is 59.4 Å². The van der Waals surface area contributed by atoms with Gasteiger partial charge in [0.25, 0.3) is 0 Å². The van der Waals surface area contributed by atoms with Crippen molar-refractivity contribution in [3.8, 4) is 5.75 Å². The second-order valence-electron chi connectivity index (χ2n) is 6.24. The summed E-state index contributed by atoms with van der Waals surface area (Å²) in [6, 6.07) is 10.6. The molecule has 1 atom stereocenters. The van der Waals surface area contributed by atoms with Crippen molar-refractivity contribution < 1.29 is 4.74 Å². The largest absolute Gasteiger partial charge is 0.497 e. The second-order valence-corrected chi connectivity index (χ2v) is 7.14. The van der Waals surface area contributed by atoms with Gasteiger partial charge in [-0.3, -0.25) is 4.90 Å². The van der Waals surface area contributed by atoms with Crippen LogP contribution in [0.5, 0.6) is 5.75 Å². The molecular weight excluding hydrogens is 346 g/mol. The van der Waals surface area contributed by atoms with Crippen LogP contribution >= 0.6 is 11.3 Å². The van der Waals surface area contributed by atoms with E-state index in [-0.39, 0.29) is 0 Å². The third-order valence-electron chi connectivity index (χ3n) is 4.58. The quantitative estimate of drug-likeness (QED) is 0.710. The van der Waals surface area contributed by atoms with Crippen LogP contribution in [0.15, 0.2) is 48.1 Å². The van der Waals surface area contributed by atoms with Crippen molar-refractivity contribution in [1.29, 1.82) is 0 Å². The summed E-state index contributed by atoms with van der Waals surface area (Å²) in [5, 5.41) is 5.92. The van der Waals surface area contributed by atoms with Gasteiger partial charge in [-0.1, -0.05) is 12.1 Å². The molecule has 3 aromatic rings. The highest BCUT2D eigenvalue weighted by Gasteiger charge is 2.27. The number of benzene rings is 1. The van der Waals surface area contributed by atoms with Crippen molar-refractivity contribution in [2.24, 2.45) is 0 Å². The van der Waals surface area contributed by atoms with Crippen LogP contribution in [-0.2, 0) is 6.54 Å². The minimum absolute atomic E-state index is 0.317. The third kappa shape index (κ3) is 3.84. The van der Waals surface area contributed by atoms with Gasteiger partial charge in [0.1, 0.15) is 5.75 Å². The van der Waals surface area contributed by atoms with E-state index in [2.05, 4.69) is 32.3 Å². The molecule has 1 saturated heterocycles. The number of hydrogen-bond donors (Lipinski definition) is 1. The summed E-state index contributed by atoms with van der Waals surface area (Å²) < 4.78 is 5.24. The van der Waals surface area contributed by atoms with Crippen LogP contribution in [0.4, 0.5) is 11.1 Å². The molecule has 7 heteroatoms. The highest BCUT2D eigenvalue weighted by molar-refractivity contribution is 7.13. The fourth-order valence-electron chi connectivity index (χ4n) is 3.32. The lowest BCUT2D eigenvalue weighted by Crippen LogP contribution is -2.23. The Labute approximate surface area is 156 Å². The van der Waals surface area contributed by atoms with Gasteiger partial charge in [0, 0.05) is 24.3 Å². The van der Waals surface area contributed by atoms with Gasteiger partial charge < -0.3 is 10.1 Å². The van der Waals surface area contributed by atoms with E-state index in [1.165, 1.54) is 23.3 Å². The number of likely N-dealkylation sites (tertiary alicyclic amines) is 1. The second kappa shape index (κ2) is 7.80. The fourth-order valence-corrected chi connectivity index (χ4v) is 3.84. The summed E-state index contributed by atoms with van der Waals surface area (Å²) in [5.41, 5.74) is 2.35. The summed E-state index contributed by atoms with van der Waals surface area (Å²) in [6.07, 6.45) is 5.89. The summed E-state index contributed by atoms with van der Waals surface area (Å²) in [4.78, 5) is 15.8. The minimum Gasteiger partial charge on any atom is -0.497 e. The normalized spacial score (nSPS) is 17.3. The Kier molecular flexibility index (Phi) is 5.08. The lowest BCUT2D eigenvalue weighted by Gasteiger charge is -2.24. The molecule has 134 valence electrons. The number of nitrogens with zero attached hydrogens (tertiary/aromatic N) is 4. The Balaban J connectivity index is 1.48. The van der Waals surface area contributed by atoms with Crippen molar-refractivity contribution in [3.63, 3.8) is 0 Å². The number of hydrogen-bond acceptors (Lipinski definition) is 7. The number of thiazole rings is 1. The highest BCUT2D eigenvalue weighted by atomic mass is 32.1. The molecule has 0 saturated carbocycles. The molecule has 0 spiro atoms. The Morgan fingerprint density at radius 1 is 1.19 bits per heavy atom. The first-order valence-corrected chi connectivity index (χ1v) is 9.56. The van der Waals surface area contributed by atoms with Crippen LogP contribution in [-0.4, -0.2) is 33.5 Å². The SMILES string of the molecule is COc1ccc(CN2CCC[C@@H]2c2ccnc(Nc3nccs3)n2)cc1. The maximum absolute atomic E-state index is 5.24. The molecule has 0 unspecified atom stereocenters. The Morgan fingerprint density at radius 3 is 2.85 bits per heavy atom. The van der Waals surface area contributed by atoms with Gasteiger partial charge in [-0.25, -0.2) is 15.0 Å². The molecule has 3 heterocycles. The van der Waals surface area contributed by atoms with Crippen LogP contribution in [0.1, 0.15) is 30.1 Å². The van der Waals surface area contributed by atoms with Crippen molar-refractivity contribution in [2.75, 3.05) is 19.0 Å². The molecule has 1 aromatic carbocycles. The number of aromatic nitrogens is 3. The summed E-state index contributed by atoms with van der Waals surface area (Å²) >= 11 is 1.54. The first kappa shape index (κ1) is 16.9. The fraction of sp³-hybridized carbons (Fsp3) is 0.316. The Bertz CT molecular complexity index is 837. The average Bonchev–Trinajstić information content (AvgIpc) is 3.35. The molecule has 1 fully saturated rings. The van der Waals surface area contributed by atoms with Crippen molar-refractivity contribution in [2.45, 2.75) is 25.4 Å².